The Morgan fingerprint density at radius 2 is 1.95 bits per heavy atom. The maximum atomic E-state index is 6.17. The molecule has 0 atom stereocenters. The van der Waals surface area contributed by atoms with E-state index < -0.39 is 0 Å². The minimum atomic E-state index is 0.463. The zero-order valence-corrected chi connectivity index (χ0v) is 15.8. The van der Waals surface area contributed by atoms with E-state index in [1.807, 2.05) is 13.0 Å². The monoisotopic (exact) mass is 452 g/mol. The summed E-state index contributed by atoms with van der Waals surface area (Å²) in [5, 5.41) is 4.24. The first-order chi connectivity index (χ1) is 10.0. The second kappa shape index (κ2) is 7.79. The van der Waals surface area contributed by atoms with Gasteiger partial charge in [0.15, 0.2) is 0 Å². The van der Waals surface area contributed by atoms with Crippen molar-refractivity contribution in [2.24, 2.45) is 0 Å². The summed E-state index contributed by atoms with van der Waals surface area (Å²) in [6.07, 6.45) is 1.68. The summed E-state index contributed by atoms with van der Waals surface area (Å²) >= 11 is 19.0. The van der Waals surface area contributed by atoms with Gasteiger partial charge in [-0.2, -0.15) is 0 Å². The van der Waals surface area contributed by atoms with Crippen LogP contribution in [0.25, 0.3) is 0 Å². The second-order valence-corrected chi connectivity index (χ2v) is 6.78. The highest BCUT2D eigenvalue weighted by Gasteiger charge is 2.12. The molecule has 0 radical (unpaired) electrons. The molecule has 0 aliphatic carbocycles. The van der Waals surface area contributed by atoms with Crippen LogP contribution in [0.1, 0.15) is 12.5 Å². The largest absolute Gasteiger partial charge is 0.437 e. The number of hydrogen-bond donors (Lipinski definition) is 1. The van der Waals surface area contributed by atoms with E-state index in [0.717, 1.165) is 21.1 Å². The molecule has 7 heteroatoms. The number of aromatic nitrogens is 1. The van der Waals surface area contributed by atoms with Crippen molar-refractivity contribution >= 4 is 55.1 Å². The zero-order valence-electron chi connectivity index (χ0n) is 11.1. The Morgan fingerprint density at radius 1 is 1.19 bits per heavy atom. The van der Waals surface area contributed by atoms with Gasteiger partial charge < -0.3 is 10.1 Å². The van der Waals surface area contributed by atoms with Gasteiger partial charge in [-0.15, -0.1) is 0 Å². The van der Waals surface area contributed by atoms with Crippen LogP contribution >= 0.6 is 55.1 Å². The normalized spacial score (nSPS) is 10.7. The van der Waals surface area contributed by atoms with Crippen molar-refractivity contribution in [1.29, 1.82) is 0 Å². The highest BCUT2D eigenvalue weighted by Crippen LogP contribution is 2.37. The lowest BCUT2D eigenvalue weighted by molar-refractivity contribution is 0.453. The van der Waals surface area contributed by atoms with Crippen molar-refractivity contribution in [2.75, 3.05) is 6.54 Å². The Kier molecular flexibility index (Phi) is 6.32. The molecule has 3 nitrogen and oxygen atoms in total. The van der Waals surface area contributed by atoms with Crippen LogP contribution in [0.2, 0.25) is 10.0 Å². The minimum Gasteiger partial charge on any atom is -0.437 e. The van der Waals surface area contributed by atoms with E-state index in [4.69, 9.17) is 27.9 Å². The van der Waals surface area contributed by atoms with Crippen molar-refractivity contribution < 1.29 is 4.74 Å². The fraction of sp³-hybridized carbons (Fsp3) is 0.214. The lowest BCUT2D eigenvalue weighted by Gasteiger charge is -2.12. The molecule has 21 heavy (non-hydrogen) atoms. The molecule has 0 spiro atoms. The van der Waals surface area contributed by atoms with Crippen LogP contribution in [0.3, 0.4) is 0 Å². The lowest BCUT2D eigenvalue weighted by atomic mass is 10.2. The van der Waals surface area contributed by atoms with Crippen molar-refractivity contribution in [3.05, 3.63) is 49.0 Å². The Balaban J connectivity index is 2.32. The van der Waals surface area contributed by atoms with E-state index in [1.54, 1.807) is 18.3 Å². The van der Waals surface area contributed by atoms with Crippen molar-refractivity contribution in [3.63, 3.8) is 0 Å². The Bertz CT molecular complexity index is 653. The molecule has 0 amide bonds. The maximum Gasteiger partial charge on any atom is 0.223 e. The molecular formula is C14H12Br2Cl2N2O. The van der Waals surface area contributed by atoms with Gasteiger partial charge in [-0.05, 0) is 50.5 Å². The van der Waals surface area contributed by atoms with Crippen molar-refractivity contribution in [3.8, 4) is 11.6 Å². The van der Waals surface area contributed by atoms with Crippen LogP contribution in [0.15, 0.2) is 33.3 Å². The van der Waals surface area contributed by atoms with Crippen LogP contribution in [0.4, 0.5) is 0 Å². The first kappa shape index (κ1) is 17.0. The molecular weight excluding hydrogens is 443 g/mol. The number of hydrogen-bond acceptors (Lipinski definition) is 3. The van der Waals surface area contributed by atoms with Crippen LogP contribution in [0, 0.1) is 0 Å². The maximum absolute atomic E-state index is 6.17. The van der Waals surface area contributed by atoms with Crippen LogP contribution in [-0.2, 0) is 6.54 Å². The molecule has 2 aromatic rings. The van der Waals surface area contributed by atoms with Gasteiger partial charge in [-0.25, -0.2) is 4.98 Å². The van der Waals surface area contributed by atoms with Gasteiger partial charge in [0.05, 0.1) is 10.0 Å². The topological polar surface area (TPSA) is 34.2 Å². The van der Waals surface area contributed by atoms with Gasteiger partial charge in [0.2, 0.25) is 5.88 Å². The van der Waals surface area contributed by atoms with Gasteiger partial charge in [0.25, 0.3) is 0 Å². The van der Waals surface area contributed by atoms with Crippen LogP contribution < -0.4 is 10.1 Å². The van der Waals surface area contributed by atoms with Crippen molar-refractivity contribution in [1.82, 2.24) is 10.3 Å². The first-order valence-electron chi connectivity index (χ1n) is 6.18. The fourth-order valence-corrected chi connectivity index (χ4v) is 2.84. The molecule has 0 saturated carbocycles. The predicted molar refractivity (Wildman–Crippen MR) is 93.6 cm³/mol. The molecule has 2 rings (SSSR count). The molecule has 0 aliphatic rings. The number of nitrogens with one attached hydrogen (secondary N) is 1. The van der Waals surface area contributed by atoms with E-state index >= 15 is 0 Å². The minimum absolute atomic E-state index is 0.463. The highest BCUT2D eigenvalue weighted by atomic mass is 79.9. The average molecular weight is 455 g/mol. The van der Waals surface area contributed by atoms with Gasteiger partial charge in [0.1, 0.15) is 5.75 Å². The van der Waals surface area contributed by atoms with Gasteiger partial charge in [0, 0.05) is 33.3 Å². The molecule has 112 valence electrons. The van der Waals surface area contributed by atoms with E-state index in [0.29, 0.717) is 28.2 Å². The Labute approximate surface area is 150 Å². The fourth-order valence-electron chi connectivity index (χ4n) is 1.63. The lowest BCUT2D eigenvalue weighted by Crippen LogP contribution is -2.13. The molecule has 1 N–H and O–H groups in total. The predicted octanol–water partition coefficient (Wildman–Crippen LogP) is 5.82. The molecule has 1 heterocycles. The molecule has 0 fully saturated rings. The van der Waals surface area contributed by atoms with Crippen LogP contribution in [-0.4, -0.2) is 11.5 Å². The number of ether oxygens (including phenoxy) is 1. The molecule has 1 aromatic heterocycles. The summed E-state index contributed by atoms with van der Waals surface area (Å²) in [4.78, 5) is 4.30. The summed E-state index contributed by atoms with van der Waals surface area (Å²) < 4.78 is 7.43. The van der Waals surface area contributed by atoms with E-state index in [1.165, 1.54) is 0 Å². The SMILES string of the molecule is CCNCc1cc(Br)cnc1Oc1cc(Cl)c(Br)cc1Cl. The third-order valence-electron chi connectivity index (χ3n) is 2.64. The van der Waals surface area contributed by atoms with E-state index in [2.05, 4.69) is 42.2 Å². The molecule has 0 unspecified atom stereocenters. The number of pyridine rings is 1. The first-order valence-corrected chi connectivity index (χ1v) is 8.53. The average Bonchev–Trinajstić information content (AvgIpc) is 2.44. The number of rotatable bonds is 5. The van der Waals surface area contributed by atoms with Gasteiger partial charge in [-0.1, -0.05) is 30.1 Å². The quantitative estimate of drug-likeness (QED) is 0.578. The number of halogens is 4. The molecule has 1 aromatic carbocycles. The Morgan fingerprint density at radius 3 is 2.67 bits per heavy atom. The smallest absolute Gasteiger partial charge is 0.223 e. The molecule has 0 saturated heterocycles. The van der Waals surface area contributed by atoms with Crippen molar-refractivity contribution in [2.45, 2.75) is 13.5 Å². The zero-order chi connectivity index (χ0) is 15.4. The molecule has 0 bridgehead atoms. The summed E-state index contributed by atoms with van der Waals surface area (Å²) in [7, 11) is 0. The summed E-state index contributed by atoms with van der Waals surface area (Å²) in [5.74, 6) is 0.969. The number of nitrogens with zero attached hydrogens (tertiary/aromatic N) is 1. The summed E-state index contributed by atoms with van der Waals surface area (Å²) in [6, 6.07) is 5.32. The second-order valence-electron chi connectivity index (χ2n) is 4.20. The summed E-state index contributed by atoms with van der Waals surface area (Å²) in [6.45, 7) is 3.55. The van der Waals surface area contributed by atoms with E-state index in [-0.39, 0.29) is 0 Å². The Hall–Kier alpha value is -0.330. The third-order valence-corrected chi connectivity index (χ3v) is 4.56. The van der Waals surface area contributed by atoms with Gasteiger partial charge in [-0.3, -0.25) is 0 Å². The highest BCUT2D eigenvalue weighted by molar-refractivity contribution is 9.10. The summed E-state index contributed by atoms with van der Waals surface area (Å²) in [5.41, 5.74) is 0.932. The van der Waals surface area contributed by atoms with Gasteiger partial charge >= 0.3 is 0 Å². The standard InChI is InChI=1S/C14H12Br2Cl2N2O/c1-2-19-6-8-3-9(15)7-20-14(8)21-13-5-11(17)10(16)4-12(13)18/h3-5,7,19H,2,6H2,1H3. The molecule has 0 aliphatic heterocycles. The van der Waals surface area contributed by atoms with E-state index in [9.17, 15) is 0 Å². The van der Waals surface area contributed by atoms with Crippen LogP contribution in [0.5, 0.6) is 11.6 Å². The number of benzene rings is 1. The third kappa shape index (κ3) is 4.57.